The fraction of sp³-hybridized carbons (Fsp3) is 0.412. The molecule has 1 aliphatic heterocycles. The summed E-state index contributed by atoms with van der Waals surface area (Å²) in [7, 11) is 0. The van der Waals surface area contributed by atoms with Crippen LogP contribution in [0.5, 0.6) is 0 Å². The van der Waals surface area contributed by atoms with Crippen molar-refractivity contribution in [2.45, 2.75) is 31.8 Å². The number of likely N-dealkylation sites (tertiary alicyclic amines) is 1. The number of nitrogens with one attached hydrogen (secondary N) is 2. The third-order valence-electron chi connectivity index (χ3n) is 4.11. The van der Waals surface area contributed by atoms with Crippen LogP contribution in [0, 0.1) is 0 Å². The highest BCUT2D eigenvalue weighted by Gasteiger charge is 2.30. The maximum Gasteiger partial charge on any atom is 0.237 e. The second-order valence-electron chi connectivity index (χ2n) is 5.69. The molecule has 0 spiro atoms. The predicted molar refractivity (Wildman–Crippen MR) is 85.2 cm³/mol. The monoisotopic (exact) mass is 298 g/mol. The molecule has 1 amide bonds. The Balaban J connectivity index is 1.50. The van der Waals surface area contributed by atoms with Crippen LogP contribution >= 0.6 is 0 Å². The quantitative estimate of drug-likeness (QED) is 0.854. The zero-order chi connectivity index (χ0) is 15.2. The standard InChI is InChI=1S/C17H22N4O/c22-17(20-9-8-16-18-10-11-19-16)15-7-4-12-21(15)13-14-5-2-1-3-6-14/h1-3,5-6,10-11,15H,4,7-9,12-13H2,(H,18,19)(H,20,22)/t15-/m0/s1. The molecule has 2 aromatic rings. The normalized spacial score (nSPS) is 18.5. The lowest BCUT2D eigenvalue weighted by Gasteiger charge is -2.23. The summed E-state index contributed by atoms with van der Waals surface area (Å²) in [5.74, 6) is 1.05. The zero-order valence-corrected chi connectivity index (χ0v) is 12.7. The number of carbonyl (C=O) groups excluding carboxylic acids is 1. The summed E-state index contributed by atoms with van der Waals surface area (Å²) in [6, 6.07) is 10.3. The zero-order valence-electron chi connectivity index (χ0n) is 12.7. The number of carbonyl (C=O) groups is 1. The number of amides is 1. The summed E-state index contributed by atoms with van der Waals surface area (Å²) < 4.78 is 0. The van der Waals surface area contributed by atoms with Gasteiger partial charge in [-0.15, -0.1) is 0 Å². The van der Waals surface area contributed by atoms with Crippen LogP contribution in [0.25, 0.3) is 0 Å². The molecule has 0 saturated carbocycles. The highest BCUT2D eigenvalue weighted by Crippen LogP contribution is 2.20. The van der Waals surface area contributed by atoms with E-state index in [9.17, 15) is 4.79 Å². The molecule has 1 aromatic carbocycles. The number of aromatic amines is 1. The van der Waals surface area contributed by atoms with Gasteiger partial charge in [-0.1, -0.05) is 30.3 Å². The van der Waals surface area contributed by atoms with Crippen molar-refractivity contribution in [2.75, 3.05) is 13.1 Å². The van der Waals surface area contributed by atoms with E-state index in [2.05, 4.69) is 32.3 Å². The summed E-state index contributed by atoms with van der Waals surface area (Å²) >= 11 is 0. The molecule has 1 fully saturated rings. The first-order valence-corrected chi connectivity index (χ1v) is 7.87. The minimum Gasteiger partial charge on any atom is -0.354 e. The van der Waals surface area contributed by atoms with Crippen LogP contribution in [0.1, 0.15) is 24.2 Å². The first-order valence-electron chi connectivity index (χ1n) is 7.87. The van der Waals surface area contributed by atoms with Crippen molar-refractivity contribution in [2.24, 2.45) is 0 Å². The molecule has 0 aliphatic carbocycles. The fourth-order valence-corrected chi connectivity index (χ4v) is 2.99. The van der Waals surface area contributed by atoms with E-state index in [-0.39, 0.29) is 11.9 Å². The lowest BCUT2D eigenvalue weighted by Crippen LogP contribution is -2.43. The van der Waals surface area contributed by atoms with E-state index in [1.54, 1.807) is 12.4 Å². The van der Waals surface area contributed by atoms with Gasteiger partial charge in [0.05, 0.1) is 6.04 Å². The molecule has 0 unspecified atom stereocenters. The smallest absolute Gasteiger partial charge is 0.237 e. The van der Waals surface area contributed by atoms with Crippen molar-refractivity contribution in [3.05, 3.63) is 54.1 Å². The summed E-state index contributed by atoms with van der Waals surface area (Å²) in [6.45, 7) is 2.46. The molecule has 0 bridgehead atoms. The first-order chi connectivity index (χ1) is 10.8. The Morgan fingerprint density at radius 1 is 1.36 bits per heavy atom. The van der Waals surface area contributed by atoms with Crippen molar-refractivity contribution in [1.29, 1.82) is 0 Å². The largest absolute Gasteiger partial charge is 0.354 e. The van der Waals surface area contributed by atoms with E-state index >= 15 is 0 Å². The maximum absolute atomic E-state index is 12.4. The Morgan fingerprint density at radius 3 is 3.00 bits per heavy atom. The summed E-state index contributed by atoms with van der Waals surface area (Å²) in [4.78, 5) is 21.9. The number of hydrogen-bond donors (Lipinski definition) is 2. The second kappa shape index (κ2) is 7.22. The van der Waals surface area contributed by atoms with Gasteiger partial charge in [0.25, 0.3) is 0 Å². The van der Waals surface area contributed by atoms with Crippen molar-refractivity contribution < 1.29 is 4.79 Å². The van der Waals surface area contributed by atoms with Gasteiger partial charge in [0.15, 0.2) is 0 Å². The Hall–Kier alpha value is -2.14. The van der Waals surface area contributed by atoms with Gasteiger partial charge in [0, 0.05) is 31.9 Å². The van der Waals surface area contributed by atoms with Crippen molar-refractivity contribution >= 4 is 5.91 Å². The molecule has 0 radical (unpaired) electrons. The Morgan fingerprint density at radius 2 is 2.23 bits per heavy atom. The lowest BCUT2D eigenvalue weighted by atomic mass is 10.1. The second-order valence-corrected chi connectivity index (χ2v) is 5.69. The molecule has 5 heteroatoms. The number of aromatic nitrogens is 2. The predicted octanol–water partition coefficient (Wildman–Crippen LogP) is 1.73. The maximum atomic E-state index is 12.4. The third kappa shape index (κ3) is 3.74. The van der Waals surface area contributed by atoms with Crippen molar-refractivity contribution in [3.8, 4) is 0 Å². The van der Waals surface area contributed by atoms with E-state index in [1.165, 1.54) is 5.56 Å². The van der Waals surface area contributed by atoms with Gasteiger partial charge in [-0.3, -0.25) is 9.69 Å². The molecule has 116 valence electrons. The van der Waals surface area contributed by atoms with E-state index in [1.807, 2.05) is 18.2 Å². The van der Waals surface area contributed by atoms with Crippen LogP contribution < -0.4 is 5.32 Å². The van der Waals surface area contributed by atoms with Crippen LogP contribution in [0.3, 0.4) is 0 Å². The summed E-state index contributed by atoms with van der Waals surface area (Å²) in [5, 5.41) is 3.04. The van der Waals surface area contributed by atoms with Gasteiger partial charge in [-0.05, 0) is 24.9 Å². The van der Waals surface area contributed by atoms with Gasteiger partial charge in [0.2, 0.25) is 5.91 Å². The molecule has 3 rings (SSSR count). The topological polar surface area (TPSA) is 61.0 Å². The average Bonchev–Trinajstić information content (AvgIpc) is 3.20. The number of rotatable bonds is 6. The lowest BCUT2D eigenvalue weighted by molar-refractivity contribution is -0.125. The molecule has 22 heavy (non-hydrogen) atoms. The Bertz CT molecular complexity index is 582. The SMILES string of the molecule is O=C(NCCc1ncc[nH]1)[C@@H]1CCCN1Cc1ccccc1. The molecule has 5 nitrogen and oxygen atoms in total. The summed E-state index contributed by atoms with van der Waals surface area (Å²) in [6.07, 6.45) is 6.30. The number of H-pyrrole nitrogens is 1. The average molecular weight is 298 g/mol. The van der Waals surface area contributed by atoms with Gasteiger partial charge < -0.3 is 10.3 Å². The van der Waals surface area contributed by atoms with Gasteiger partial charge in [0.1, 0.15) is 5.82 Å². The summed E-state index contributed by atoms with van der Waals surface area (Å²) in [5.41, 5.74) is 1.26. The van der Waals surface area contributed by atoms with Gasteiger partial charge >= 0.3 is 0 Å². The van der Waals surface area contributed by atoms with Crippen LogP contribution in [0.2, 0.25) is 0 Å². The van der Waals surface area contributed by atoms with E-state index < -0.39 is 0 Å². The minimum atomic E-state index is -0.00296. The fourth-order valence-electron chi connectivity index (χ4n) is 2.99. The Kier molecular flexibility index (Phi) is 4.85. The van der Waals surface area contributed by atoms with E-state index in [4.69, 9.17) is 0 Å². The minimum absolute atomic E-state index is 0.00296. The highest BCUT2D eigenvalue weighted by molar-refractivity contribution is 5.82. The van der Waals surface area contributed by atoms with Crippen LogP contribution in [0.4, 0.5) is 0 Å². The third-order valence-corrected chi connectivity index (χ3v) is 4.11. The molecule has 2 N–H and O–H groups in total. The van der Waals surface area contributed by atoms with Gasteiger partial charge in [-0.25, -0.2) is 4.98 Å². The number of hydrogen-bond acceptors (Lipinski definition) is 3. The Labute approximate surface area is 130 Å². The van der Waals surface area contributed by atoms with Gasteiger partial charge in [-0.2, -0.15) is 0 Å². The van der Waals surface area contributed by atoms with E-state index in [0.717, 1.165) is 38.2 Å². The molecule has 1 atom stereocenters. The van der Waals surface area contributed by atoms with Crippen molar-refractivity contribution in [3.63, 3.8) is 0 Å². The van der Waals surface area contributed by atoms with E-state index in [0.29, 0.717) is 6.54 Å². The number of benzene rings is 1. The number of nitrogens with zero attached hydrogens (tertiary/aromatic N) is 2. The molecule has 1 aliphatic rings. The number of imidazole rings is 1. The van der Waals surface area contributed by atoms with Crippen LogP contribution in [0.15, 0.2) is 42.7 Å². The molecule has 1 aromatic heterocycles. The molecular formula is C17H22N4O. The highest BCUT2D eigenvalue weighted by atomic mass is 16.2. The van der Waals surface area contributed by atoms with Crippen LogP contribution in [-0.2, 0) is 17.8 Å². The molecular weight excluding hydrogens is 276 g/mol. The first kappa shape index (κ1) is 14.8. The van der Waals surface area contributed by atoms with Crippen molar-refractivity contribution in [1.82, 2.24) is 20.2 Å². The molecule has 2 heterocycles. The molecule has 1 saturated heterocycles. The van der Waals surface area contributed by atoms with Crippen LogP contribution in [-0.4, -0.2) is 39.9 Å².